The van der Waals surface area contributed by atoms with Gasteiger partial charge in [-0.1, -0.05) is 19.1 Å². The average molecular weight is 274 g/mol. The molecule has 3 nitrogen and oxygen atoms in total. The largest absolute Gasteiger partial charge is 0.494 e. The van der Waals surface area contributed by atoms with E-state index >= 15 is 0 Å². The van der Waals surface area contributed by atoms with Gasteiger partial charge in [0.05, 0.1) is 13.2 Å². The normalized spacial score (nSPS) is 12.2. The van der Waals surface area contributed by atoms with Crippen LogP contribution in [0.5, 0.6) is 5.75 Å². The first kappa shape index (κ1) is 14.5. The quantitative estimate of drug-likeness (QED) is 0.909. The van der Waals surface area contributed by atoms with Gasteiger partial charge >= 0.3 is 0 Å². The smallest absolute Gasteiger partial charge is 0.170 e. The van der Waals surface area contributed by atoms with E-state index in [-0.39, 0.29) is 17.6 Å². The van der Waals surface area contributed by atoms with Crippen LogP contribution in [-0.2, 0) is 6.42 Å². The van der Waals surface area contributed by atoms with Gasteiger partial charge in [-0.3, -0.25) is 4.98 Å². The maximum atomic E-state index is 14.5. The van der Waals surface area contributed by atoms with Crippen LogP contribution in [0.15, 0.2) is 36.7 Å². The standard InChI is InChI=1S/C16H19FN2O/c1-4-11-10-19-9-8-12(11)16(18-2)13-6-5-7-14(20-3)15(13)17/h5-10,16,18H,4H2,1-3H3. The summed E-state index contributed by atoms with van der Waals surface area (Å²) in [5.41, 5.74) is 2.72. The summed E-state index contributed by atoms with van der Waals surface area (Å²) in [6.45, 7) is 2.06. The molecule has 0 bridgehead atoms. The average Bonchev–Trinajstić information content (AvgIpc) is 2.50. The Bertz CT molecular complexity index is 586. The van der Waals surface area contributed by atoms with Crippen molar-refractivity contribution in [2.24, 2.45) is 0 Å². The molecule has 0 amide bonds. The van der Waals surface area contributed by atoms with Gasteiger partial charge in [0.25, 0.3) is 0 Å². The zero-order chi connectivity index (χ0) is 14.5. The van der Waals surface area contributed by atoms with Crippen LogP contribution >= 0.6 is 0 Å². The molecule has 0 aliphatic carbocycles. The van der Waals surface area contributed by atoms with Crippen molar-refractivity contribution < 1.29 is 9.13 Å². The van der Waals surface area contributed by atoms with Crippen LogP contribution in [0.2, 0.25) is 0 Å². The van der Waals surface area contributed by atoms with E-state index in [2.05, 4.69) is 17.2 Å². The summed E-state index contributed by atoms with van der Waals surface area (Å²) in [6, 6.07) is 6.91. The third kappa shape index (κ3) is 2.65. The van der Waals surface area contributed by atoms with Gasteiger partial charge in [-0.25, -0.2) is 4.39 Å². The number of nitrogens with one attached hydrogen (secondary N) is 1. The van der Waals surface area contributed by atoms with Gasteiger partial charge in [0.1, 0.15) is 0 Å². The summed E-state index contributed by atoms with van der Waals surface area (Å²) in [4.78, 5) is 4.14. The van der Waals surface area contributed by atoms with Gasteiger partial charge in [-0.05, 0) is 36.7 Å². The lowest BCUT2D eigenvalue weighted by Crippen LogP contribution is -2.20. The Kier molecular flexibility index (Phi) is 4.69. The van der Waals surface area contributed by atoms with Gasteiger partial charge < -0.3 is 10.1 Å². The van der Waals surface area contributed by atoms with Crippen molar-refractivity contribution in [3.8, 4) is 5.75 Å². The fourth-order valence-corrected chi connectivity index (χ4v) is 2.40. The molecule has 1 aromatic heterocycles. The van der Waals surface area contributed by atoms with Crippen LogP contribution in [-0.4, -0.2) is 19.1 Å². The van der Waals surface area contributed by atoms with E-state index in [0.717, 1.165) is 17.5 Å². The third-order valence-corrected chi connectivity index (χ3v) is 3.45. The summed E-state index contributed by atoms with van der Waals surface area (Å²) in [6.07, 6.45) is 4.42. The monoisotopic (exact) mass is 274 g/mol. The van der Waals surface area contributed by atoms with E-state index in [1.165, 1.54) is 7.11 Å². The molecule has 0 aliphatic rings. The lowest BCUT2D eigenvalue weighted by atomic mass is 9.94. The van der Waals surface area contributed by atoms with Crippen molar-refractivity contribution >= 4 is 0 Å². The lowest BCUT2D eigenvalue weighted by molar-refractivity contribution is 0.382. The van der Waals surface area contributed by atoms with Gasteiger partial charge in [0.2, 0.25) is 0 Å². The van der Waals surface area contributed by atoms with Crippen LogP contribution in [0.25, 0.3) is 0 Å². The van der Waals surface area contributed by atoms with Gasteiger partial charge in [0.15, 0.2) is 11.6 Å². The zero-order valence-electron chi connectivity index (χ0n) is 12.0. The minimum atomic E-state index is -0.326. The summed E-state index contributed by atoms with van der Waals surface area (Å²) < 4.78 is 19.5. The number of hydrogen-bond acceptors (Lipinski definition) is 3. The molecule has 1 aromatic carbocycles. The molecular weight excluding hydrogens is 255 g/mol. The van der Waals surface area contributed by atoms with E-state index < -0.39 is 0 Å². The second kappa shape index (κ2) is 6.48. The maximum absolute atomic E-state index is 14.5. The van der Waals surface area contributed by atoms with Crippen LogP contribution in [0, 0.1) is 5.82 Å². The number of nitrogens with zero attached hydrogens (tertiary/aromatic N) is 1. The summed E-state index contributed by atoms with van der Waals surface area (Å²) in [7, 11) is 3.30. The molecule has 0 fully saturated rings. The Labute approximate surface area is 118 Å². The lowest BCUT2D eigenvalue weighted by Gasteiger charge is -2.21. The highest BCUT2D eigenvalue weighted by Crippen LogP contribution is 2.30. The summed E-state index contributed by atoms with van der Waals surface area (Å²) >= 11 is 0. The van der Waals surface area contributed by atoms with E-state index in [4.69, 9.17) is 4.74 Å². The molecule has 2 rings (SSSR count). The molecule has 2 aromatic rings. The number of aromatic nitrogens is 1. The molecule has 4 heteroatoms. The topological polar surface area (TPSA) is 34.2 Å². The highest BCUT2D eigenvalue weighted by Gasteiger charge is 2.20. The minimum absolute atomic E-state index is 0.219. The number of halogens is 1. The molecule has 0 spiro atoms. The Morgan fingerprint density at radius 3 is 2.75 bits per heavy atom. The Morgan fingerprint density at radius 1 is 1.30 bits per heavy atom. The van der Waals surface area contributed by atoms with Crippen LogP contribution in [0.4, 0.5) is 4.39 Å². The van der Waals surface area contributed by atoms with Crippen molar-refractivity contribution in [3.63, 3.8) is 0 Å². The highest BCUT2D eigenvalue weighted by atomic mass is 19.1. The molecular formula is C16H19FN2O. The van der Waals surface area contributed by atoms with Gasteiger partial charge in [0, 0.05) is 18.0 Å². The Balaban J connectivity index is 2.53. The van der Waals surface area contributed by atoms with Crippen molar-refractivity contribution in [2.75, 3.05) is 14.2 Å². The number of pyridine rings is 1. The van der Waals surface area contributed by atoms with E-state index in [1.807, 2.05) is 19.3 Å². The predicted octanol–water partition coefficient (Wildman–Crippen LogP) is 3.10. The number of benzene rings is 1. The van der Waals surface area contributed by atoms with E-state index in [1.54, 1.807) is 24.4 Å². The molecule has 20 heavy (non-hydrogen) atoms. The SMILES string of the molecule is CCc1cnccc1C(NC)c1cccc(OC)c1F. The van der Waals surface area contributed by atoms with Crippen molar-refractivity contribution in [3.05, 3.63) is 59.2 Å². The van der Waals surface area contributed by atoms with Gasteiger partial charge in [-0.15, -0.1) is 0 Å². The van der Waals surface area contributed by atoms with Gasteiger partial charge in [-0.2, -0.15) is 0 Å². The second-order valence-electron chi connectivity index (χ2n) is 4.51. The zero-order valence-corrected chi connectivity index (χ0v) is 12.0. The third-order valence-electron chi connectivity index (χ3n) is 3.45. The summed E-state index contributed by atoms with van der Waals surface area (Å²) in [5, 5.41) is 3.18. The molecule has 1 N–H and O–H groups in total. The first-order chi connectivity index (χ1) is 9.72. The first-order valence-corrected chi connectivity index (χ1v) is 6.65. The minimum Gasteiger partial charge on any atom is -0.494 e. The maximum Gasteiger partial charge on any atom is 0.170 e. The first-order valence-electron chi connectivity index (χ1n) is 6.65. The fraction of sp³-hybridized carbons (Fsp3) is 0.312. The molecule has 0 aliphatic heterocycles. The Morgan fingerprint density at radius 2 is 2.10 bits per heavy atom. The number of hydrogen-bond donors (Lipinski definition) is 1. The predicted molar refractivity (Wildman–Crippen MR) is 77.5 cm³/mol. The highest BCUT2D eigenvalue weighted by molar-refractivity contribution is 5.40. The van der Waals surface area contributed by atoms with E-state index in [0.29, 0.717) is 5.56 Å². The molecule has 1 unspecified atom stereocenters. The fourth-order valence-electron chi connectivity index (χ4n) is 2.40. The molecule has 0 saturated carbocycles. The molecule has 1 heterocycles. The number of ether oxygens (including phenoxy) is 1. The van der Waals surface area contributed by atoms with Crippen molar-refractivity contribution in [1.29, 1.82) is 0 Å². The van der Waals surface area contributed by atoms with E-state index in [9.17, 15) is 4.39 Å². The van der Waals surface area contributed by atoms with Crippen molar-refractivity contribution in [1.82, 2.24) is 10.3 Å². The van der Waals surface area contributed by atoms with Crippen LogP contribution in [0.3, 0.4) is 0 Å². The number of methoxy groups -OCH3 is 1. The molecule has 0 saturated heterocycles. The molecule has 106 valence electrons. The van der Waals surface area contributed by atoms with Crippen LogP contribution < -0.4 is 10.1 Å². The van der Waals surface area contributed by atoms with Crippen molar-refractivity contribution in [2.45, 2.75) is 19.4 Å². The summed E-state index contributed by atoms with van der Waals surface area (Å²) in [5.74, 6) is -0.0666. The Hall–Kier alpha value is -1.94. The molecule has 0 radical (unpaired) electrons. The van der Waals surface area contributed by atoms with Crippen LogP contribution in [0.1, 0.15) is 29.7 Å². The molecule has 1 atom stereocenters. The number of rotatable bonds is 5. The number of aryl methyl sites for hydroxylation is 1. The second-order valence-corrected chi connectivity index (χ2v) is 4.51.